The van der Waals surface area contributed by atoms with E-state index in [1.165, 1.54) is 19.1 Å². The monoisotopic (exact) mass is 614 g/mol. The second-order valence-electron chi connectivity index (χ2n) is 9.63. The molecule has 0 bridgehead atoms. The van der Waals surface area contributed by atoms with Crippen LogP contribution in [0.2, 0.25) is 0 Å². The number of ether oxygens (including phenoxy) is 5. The number of nitro benzene ring substituents is 1. The van der Waals surface area contributed by atoms with Crippen molar-refractivity contribution in [3.63, 3.8) is 0 Å². The maximum atomic E-state index is 14.3. The number of benzene rings is 1. The molecular formula is C25H28F2N4O12. The van der Waals surface area contributed by atoms with Crippen molar-refractivity contribution >= 4 is 23.6 Å². The summed E-state index contributed by atoms with van der Waals surface area (Å²) in [5.74, 6) is -4.82. The Morgan fingerprint density at radius 2 is 2.02 bits per heavy atom. The SMILES string of the molecule is CC(=O)OC[C@H]1CCC[C@H](Oc2ccc(COC(=O)Nc3ccn([C@@H]4O[C@H](CO)[C@@H](O)C4(F)F)c(=O)n3)cc2[N+](=O)[O-])O1. The first-order valence-corrected chi connectivity index (χ1v) is 13.0. The average Bonchev–Trinajstić information content (AvgIpc) is 3.19. The van der Waals surface area contributed by atoms with Gasteiger partial charge in [-0.25, -0.2) is 9.59 Å². The van der Waals surface area contributed by atoms with Gasteiger partial charge in [0.25, 0.3) is 0 Å². The Kier molecular flexibility index (Phi) is 9.84. The summed E-state index contributed by atoms with van der Waals surface area (Å²) in [7, 11) is 0. The molecule has 5 atom stereocenters. The average molecular weight is 615 g/mol. The molecule has 1 amide bonds. The summed E-state index contributed by atoms with van der Waals surface area (Å²) in [6.07, 6.45) is -5.93. The number of carbonyl (C=O) groups is 2. The number of nitrogens with zero attached hydrogens (tertiary/aromatic N) is 3. The highest BCUT2D eigenvalue weighted by atomic mass is 19.3. The van der Waals surface area contributed by atoms with E-state index in [9.17, 15) is 38.4 Å². The van der Waals surface area contributed by atoms with Crippen LogP contribution >= 0.6 is 0 Å². The number of hydrogen-bond acceptors (Lipinski definition) is 13. The zero-order chi connectivity index (χ0) is 31.3. The molecule has 43 heavy (non-hydrogen) atoms. The predicted molar refractivity (Wildman–Crippen MR) is 137 cm³/mol. The fourth-order valence-corrected chi connectivity index (χ4v) is 4.39. The van der Waals surface area contributed by atoms with Crippen molar-refractivity contribution in [3.05, 3.63) is 56.6 Å². The summed E-state index contributed by atoms with van der Waals surface area (Å²) < 4.78 is 55.3. The molecule has 3 heterocycles. The minimum Gasteiger partial charge on any atom is -0.463 e. The number of amides is 1. The first kappa shape index (κ1) is 31.7. The topological polar surface area (TPSA) is 211 Å². The van der Waals surface area contributed by atoms with Crippen LogP contribution in [0, 0.1) is 10.1 Å². The molecule has 234 valence electrons. The molecule has 4 rings (SSSR count). The Hall–Kier alpha value is -4.26. The lowest BCUT2D eigenvalue weighted by Crippen LogP contribution is -2.41. The second kappa shape index (κ2) is 13.4. The number of rotatable bonds is 10. The van der Waals surface area contributed by atoms with Crippen LogP contribution in [-0.2, 0) is 30.3 Å². The van der Waals surface area contributed by atoms with Gasteiger partial charge in [-0.3, -0.25) is 24.8 Å². The van der Waals surface area contributed by atoms with Gasteiger partial charge >= 0.3 is 29.4 Å². The number of hydrogen-bond donors (Lipinski definition) is 3. The molecule has 0 spiro atoms. The lowest BCUT2D eigenvalue weighted by molar-refractivity contribution is -0.386. The highest BCUT2D eigenvalue weighted by molar-refractivity contribution is 5.83. The number of aromatic nitrogens is 2. The lowest BCUT2D eigenvalue weighted by Gasteiger charge is -2.29. The van der Waals surface area contributed by atoms with Crippen LogP contribution in [0.15, 0.2) is 35.3 Å². The summed E-state index contributed by atoms with van der Waals surface area (Å²) in [5.41, 5.74) is -1.46. The zero-order valence-electron chi connectivity index (χ0n) is 22.6. The Bertz CT molecular complexity index is 1410. The van der Waals surface area contributed by atoms with Gasteiger partial charge in [0.2, 0.25) is 12.5 Å². The third-order valence-corrected chi connectivity index (χ3v) is 6.50. The number of aliphatic hydroxyl groups is 2. The largest absolute Gasteiger partial charge is 0.463 e. The Morgan fingerprint density at radius 3 is 2.67 bits per heavy atom. The van der Waals surface area contributed by atoms with E-state index < -0.39 is 78.3 Å². The van der Waals surface area contributed by atoms with Crippen LogP contribution in [0.3, 0.4) is 0 Å². The van der Waals surface area contributed by atoms with Gasteiger partial charge in [0, 0.05) is 25.6 Å². The maximum absolute atomic E-state index is 14.3. The van der Waals surface area contributed by atoms with Crippen LogP contribution < -0.4 is 15.7 Å². The number of halogens is 2. The third kappa shape index (κ3) is 7.58. The molecular weight excluding hydrogens is 586 g/mol. The molecule has 1 aromatic carbocycles. The van der Waals surface area contributed by atoms with Crippen molar-refractivity contribution in [2.75, 3.05) is 18.5 Å². The number of nitrogens with one attached hydrogen (secondary N) is 1. The second-order valence-corrected chi connectivity index (χ2v) is 9.63. The van der Waals surface area contributed by atoms with Crippen molar-refractivity contribution in [3.8, 4) is 5.75 Å². The molecule has 2 aliphatic rings. The molecule has 2 saturated heterocycles. The van der Waals surface area contributed by atoms with Crippen LogP contribution in [-0.4, -0.2) is 80.5 Å². The van der Waals surface area contributed by atoms with Crippen molar-refractivity contribution in [2.24, 2.45) is 0 Å². The first-order chi connectivity index (χ1) is 20.4. The summed E-state index contributed by atoms with van der Waals surface area (Å²) >= 11 is 0. The summed E-state index contributed by atoms with van der Waals surface area (Å²) in [6.45, 7) is -0.0412. The number of anilines is 1. The summed E-state index contributed by atoms with van der Waals surface area (Å²) in [4.78, 5) is 50.1. The van der Waals surface area contributed by atoms with Gasteiger partial charge in [-0.15, -0.1) is 0 Å². The van der Waals surface area contributed by atoms with Crippen LogP contribution in [0.4, 0.5) is 25.1 Å². The molecule has 0 aliphatic carbocycles. The van der Waals surface area contributed by atoms with Crippen molar-refractivity contribution in [1.82, 2.24) is 9.55 Å². The number of nitro groups is 1. The Balaban J connectivity index is 1.34. The van der Waals surface area contributed by atoms with Crippen LogP contribution in [0.25, 0.3) is 0 Å². The standard InChI is InChI=1S/C25H28F2N4O12/c1-13(33)39-12-15-3-2-4-20(41-15)42-17-6-5-14(9-16(17)31(37)38)11-40-24(36)29-19-7-8-30(23(35)28-19)22-25(26,27)21(34)18(10-32)43-22/h5-9,15,18,20-22,32,34H,2-4,10-12H2,1H3,(H,28,29,35,36)/t15-,18-,20+,21-,22-/m1/s1. The molecule has 2 aliphatic heterocycles. The smallest absolute Gasteiger partial charge is 0.413 e. The summed E-state index contributed by atoms with van der Waals surface area (Å²) in [6, 6.07) is 4.87. The number of esters is 1. The lowest BCUT2D eigenvalue weighted by atomic mass is 10.1. The fourth-order valence-electron chi connectivity index (χ4n) is 4.39. The normalized spacial score (nSPS) is 24.6. The maximum Gasteiger partial charge on any atom is 0.413 e. The van der Waals surface area contributed by atoms with E-state index in [2.05, 4.69) is 10.3 Å². The van der Waals surface area contributed by atoms with Gasteiger partial charge in [-0.1, -0.05) is 6.07 Å². The minimum absolute atomic E-state index is 0.0321. The van der Waals surface area contributed by atoms with Crippen LogP contribution in [0.5, 0.6) is 5.75 Å². The van der Waals surface area contributed by atoms with Crippen LogP contribution in [0.1, 0.15) is 38.0 Å². The number of alkyl halides is 2. The quantitative estimate of drug-likeness (QED) is 0.198. The van der Waals surface area contributed by atoms with Crippen molar-refractivity contribution < 1.29 is 57.2 Å². The molecule has 2 fully saturated rings. The van der Waals surface area contributed by atoms with Crippen molar-refractivity contribution in [1.29, 1.82) is 0 Å². The highest BCUT2D eigenvalue weighted by Crippen LogP contribution is 2.42. The Morgan fingerprint density at radius 1 is 1.26 bits per heavy atom. The molecule has 1 aromatic heterocycles. The summed E-state index contributed by atoms with van der Waals surface area (Å²) in [5, 5.41) is 32.5. The van der Waals surface area contributed by atoms with E-state index in [-0.39, 0.29) is 23.7 Å². The third-order valence-electron chi connectivity index (χ3n) is 6.50. The first-order valence-electron chi connectivity index (χ1n) is 13.0. The molecule has 0 saturated carbocycles. The molecule has 0 radical (unpaired) electrons. The molecule has 0 unspecified atom stereocenters. The zero-order valence-corrected chi connectivity index (χ0v) is 22.6. The number of carbonyl (C=O) groups excluding carboxylic acids is 2. The van der Waals surface area contributed by atoms with Gasteiger partial charge in [0.05, 0.1) is 17.6 Å². The Labute approximate surface area is 241 Å². The van der Waals surface area contributed by atoms with Gasteiger partial charge < -0.3 is 33.9 Å². The van der Waals surface area contributed by atoms with E-state index in [1.54, 1.807) is 0 Å². The molecule has 2 aromatic rings. The van der Waals surface area contributed by atoms with Gasteiger partial charge in [0.15, 0.2) is 11.9 Å². The predicted octanol–water partition coefficient (Wildman–Crippen LogP) is 1.62. The van der Waals surface area contributed by atoms with E-state index in [4.69, 9.17) is 28.8 Å². The van der Waals surface area contributed by atoms with Gasteiger partial charge in [-0.05, 0) is 30.5 Å². The highest BCUT2D eigenvalue weighted by Gasteiger charge is 2.59. The van der Waals surface area contributed by atoms with E-state index in [1.807, 2.05) is 0 Å². The van der Waals surface area contributed by atoms with E-state index >= 15 is 0 Å². The van der Waals surface area contributed by atoms with Gasteiger partial charge in [-0.2, -0.15) is 13.8 Å². The van der Waals surface area contributed by atoms with E-state index in [0.29, 0.717) is 23.8 Å². The molecule has 16 nitrogen and oxygen atoms in total. The van der Waals surface area contributed by atoms with Crippen molar-refractivity contribution in [2.45, 2.75) is 69.5 Å². The molecule has 3 N–H and O–H groups in total. The fraction of sp³-hybridized carbons (Fsp3) is 0.520. The van der Waals surface area contributed by atoms with Gasteiger partial charge in [0.1, 0.15) is 25.1 Å². The number of aliphatic hydroxyl groups excluding tert-OH is 2. The van der Waals surface area contributed by atoms with E-state index in [0.717, 1.165) is 18.3 Å². The minimum atomic E-state index is -3.91. The molecule has 18 heteroatoms.